The van der Waals surface area contributed by atoms with Crippen LogP contribution in [0, 0.1) is 15.9 Å². The number of benzene rings is 3. The molecule has 0 bridgehead atoms. The van der Waals surface area contributed by atoms with Crippen LogP contribution in [0.25, 0.3) is 17.0 Å². The van der Waals surface area contributed by atoms with Crippen molar-refractivity contribution >= 4 is 57.2 Å². The molecule has 1 aliphatic heterocycles. The molecule has 1 aromatic heterocycles. The van der Waals surface area contributed by atoms with Crippen LogP contribution in [0.15, 0.2) is 77.8 Å². The molecule has 4 aromatic rings. The lowest BCUT2D eigenvalue weighted by atomic mass is 10.1. The van der Waals surface area contributed by atoms with Gasteiger partial charge in [-0.05, 0) is 47.2 Å². The van der Waals surface area contributed by atoms with Gasteiger partial charge in [-0.1, -0.05) is 48.0 Å². The molecule has 0 aliphatic carbocycles. The van der Waals surface area contributed by atoms with E-state index in [0.717, 1.165) is 44.8 Å². The van der Waals surface area contributed by atoms with Crippen LogP contribution < -0.4 is 0 Å². The number of hydrogen-bond acceptors (Lipinski definition) is 5. The number of nitrogens with zero attached hydrogens (tertiary/aromatic N) is 3. The van der Waals surface area contributed by atoms with Gasteiger partial charge in [-0.25, -0.2) is 4.39 Å². The van der Waals surface area contributed by atoms with Crippen molar-refractivity contribution in [2.24, 2.45) is 0 Å². The molecule has 1 saturated heterocycles. The van der Waals surface area contributed by atoms with Crippen LogP contribution in [-0.2, 0) is 17.9 Å². The lowest BCUT2D eigenvalue weighted by molar-refractivity contribution is -0.384. The highest BCUT2D eigenvalue weighted by Gasteiger charge is 2.35. The zero-order chi connectivity index (χ0) is 25.4. The van der Waals surface area contributed by atoms with Gasteiger partial charge in [0.2, 0.25) is 0 Å². The Labute approximate surface area is 213 Å². The third kappa shape index (κ3) is 4.62. The Balaban J connectivity index is 1.44. The Bertz CT molecular complexity index is 1570. The lowest BCUT2D eigenvalue weighted by Gasteiger charge is -2.13. The van der Waals surface area contributed by atoms with E-state index in [2.05, 4.69) is 0 Å². The molecule has 5 rings (SSSR count). The number of rotatable bonds is 6. The number of amides is 2. The number of thioether (sulfide) groups is 1. The minimum atomic E-state index is -0.497. The number of halogens is 2. The molecule has 10 heteroatoms. The van der Waals surface area contributed by atoms with Gasteiger partial charge >= 0.3 is 0 Å². The Morgan fingerprint density at radius 1 is 1.03 bits per heavy atom. The number of para-hydroxylation sites is 1. The van der Waals surface area contributed by atoms with Crippen molar-refractivity contribution in [1.82, 2.24) is 9.47 Å². The number of fused-ring (bicyclic) bond motifs is 1. The van der Waals surface area contributed by atoms with Crippen molar-refractivity contribution in [3.05, 3.63) is 115 Å². The van der Waals surface area contributed by atoms with Gasteiger partial charge in [-0.2, -0.15) is 0 Å². The largest absolute Gasteiger partial charge is 0.342 e. The number of carbonyl (C=O) groups is 2. The molecule has 180 valence electrons. The fourth-order valence-corrected chi connectivity index (χ4v) is 5.09. The fraction of sp³-hybridized carbons (Fsp3) is 0.0769. The van der Waals surface area contributed by atoms with Crippen LogP contribution in [-0.4, -0.2) is 25.5 Å². The first-order chi connectivity index (χ1) is 17.3. The number of aromatic nitrogens is 1. The Morgan fingerprint density at radius 3 is 2.50 bits per heavy atom. The molecule has 0 radical (unpaired) electrons. The van der Waals surface area contributed by atoms with Gasteiger partial charge in [0, 0.05) is 46.4 Å². The zero-order valence-electron chi connectivity index (χ0n) is 18.6. The van der Waals surface area contributed by atoms with E-state index in [0.29, 0.717) is 12.1 Å². The first-order valence-electron chi connectivity index (χ1n) is 10.8. The Hall–Kier alpha value is -3.95. The van der Waals surface area contributed by atoms with Gasteiger partial charge in [-0.15, -0.1) is 0 Å². The molecule has 3 aromatic carbocycles. The fourth-order valence-electron chi connectivity index (χ4n) is 4.04. The molecule has 2 heterocycles. The minimum Gasteiger partial charge on any atom is -0.342 e. The van der Waals surface area contributed by atoms with Crippen LogP contribution in [0.4, 0.5) is 14.9 Å². The highest BCUT2D eigenvalue weighted by Crippen LogP contribution is 2.36. The van der Waals surface area contributed by atoms with Gasteiger partial charge in [0.15, 0.2) is 0 Å². The van der Waals surface area contributed by atoms with E-state index in [9.17, 15) is 24.1 Å². The molecular weight excluding hydrogens is 505 g/mol. The van der Waals surface area contributed by atoms with Crippen molar-refractivity contribution in [2.75, 3.05) is 0 Å². The molecule has 0 N–H and O–H groups in total. The van der Waals surface area contributed by atoms with E-state index < -0.39 is 21.9 Å². The van der Waals surface area contributed by atoms with Crippen LogP contribution in [0.3, 0.4) is 0 Å². The maximum absolute atomic E-state index is 13.4. The second-order valence-electron chi connectivity index (χ2n) is 8.16. The Kier molecular flexibility index (Phi) is 6.34. The first-order valence-corrected chi connectivity index (χ1v) is 12.0. The van der Waals surface area contributed by atoms with Crippen LogP contribution >= 0.6 is 23.4 Å². The zero-order valence-corrected chi connectivity index (χ0v) is 20.1. The smallest absolute Gasteiger partial charge is 0.293 e. The van der Waals surface area contributed by atoms with Gasteiger partial charge in [-0.3, -0.25) is 24.6 Å². The highest BCUT2D eigenvalue weighted by atomic mass is 35.5. The van der Waals surface area contributed by atoms with Gasteiger partial charge in [0.05, 0.1) is 16.4 Å². The van der Waals surface area contributed by atoms with E-state index in [1.54, 1.807) is 18.2 Å². The molecule has 2 amide bonds. The molecule has 0 saturated carbocycles. The summed E-state index contributed by atoms with van der Waals surface area (Å²) in [7, 11) is 0. The lowest BCUT2D eigenvalue weighted by Crippen LogP contribution is -2.27. The average molecular weight is 522 g/mol. The average Bonchev–Trinajstić information content (AvgIpc) is 3.33. The summed E-state index contributed by atoms with van der Waals surface area (Å²) >= 11 is 6.92. The van der Waals surface area contributed by atoms with Crippen LogP contribution in [0.5, 0.6) is 0 Å². The standard InChI is InChI=1S/C26H17ClFN3O4S/c27-22-12-19(28)8-7-17(22)15-30-25(32)24(36-26(30)33)11-18-14-29(23-4-2-1-3-21(18)23)13-16-5-9-20(10-6-16)31(34)35/h1-12,14H,13,15H2. The van der Waals surface area contributed by atoms with E-state index in [1.807, 2.05) is 35.0 Å². The topological polar surface area (TPSA) is 85.5 Å². The summed E-state index contributed by atoms with van der Waals surface area (Å²) in [6.07, 6.45) is 3.57. The molecule has 36 heavy (non-hydrogen) atoms. The predicted molar refractivity (Wildman–Crippen MR) is 137 cm³/mol. The molecule has 7 nitrogen and oxygen atoms in total. The van der Waals surface area contributed by atoms with Crippen molar-refractivity contribution in [3.63, 3.8) is 0 Å². The summed E-state index contributed by atoms with van der Waals surface area (Å²) in [5.41, 5.74) is 3.05. The van der Waals surface area contributed by atoms with Crippen LogP contribution in [0.2, 0.25) is 5.02 Å². The number of hydrogen-bond donors (Lipinski definition) is 0. The summed E-state index contributed by atoms with van der Waals surface area (Å²) in [6.45, 7) is 0.417. The Morgan fingerprint density at radius 2 is 1.78 bits per heavy atom. The third-order valence-corrected chi connectivity index (χ3v) is 7.08. The van der Waals surface area contributed by atoms with Crippen molar-refractivity contribution in [2.45, 2.75) is 13.1 Å². The van der Waals surface area contributed by atoms with Gasteiger partial charge in [0.25, 0.3) is 16.8 Å². The molecular formula is C26H17ClFN3O4S. The summed E-state index contributed by atoms with van der Waals surface area (Å²) in [5, 5.41) is 11.5. The number of imide groups is 1. The van der Waals surface area contributed by atoms with Crippen LogP contribution in [0.1, 0.15) is 16.7 Å². The number of nitro groups is 1. The van der Waals surface area contributed by atoms with Crippen molar-refractivity contribution in [3.8, 4) is 0 Å². The minimum absolute atomic E-state index is 0.0226. The second kappa shape index (κ2) is 9.60. The van der Waals surface area contributed by atoms with E-state index in [-0.39, 0.29) is 22.2 Å². The van der Waals surface area contributed by atoms with E-state index in [4.69, 9.17) is 11.6 Å². The first kappa shape index (κ1) is 23.8. The summed E-state index contributed by atoms with van der Waals surface area (Å²) in [5.74, 6) is -0.944. The normalized spacial score (nSPS) is 14.8. The maximum Gasteiger partial charge on any atom is 0.293 e. The molecule has 0 atom stereocenters. The quantitative estimate of drug-likeness (QED) is 0.161. The van der Waals surface area contributed by atoms with Crippen molar-refractivity contribution < 1.29 is 18.9 Å². The maximum atomic E-state index is 13.4. The third-order valence-electron chi connectivity index (χ3n) is 5.82. The number of non-ortho nitro benzene ring substituents is 1. The SMILES string of the molecule is O=C1SC(=Cc2cn(Cc3ccc([N+](=O)[O-])cc3)c3ccccc23)C(=O)N1Cc1ccc(F)cc1Cl. The molecule has 1 fully saturated rings. The molecule has 0 unspecified atom stereocenters. The van der Waals surface area contributed by atoms with E-state index >= 15 is 0 Å². The summed E-state index contributed by atoms with van der Waals surface area (Å²) < 4.78 is 15.4. The number of carbonyl (C=O) groups excluding carboxylic acids is 2. The van der Waals surface area contributed by atoms with E-state index in [1.165, 1.54) is 24.3 Å². The second-order valence-corrected chi connectivity index (χ2v) is 9.56. The van der Waals surface area contributed by atoms with Gasteiger partial charge in [0.1, 0.15) is 5.82 Å². The summed E-state index contributed by atoms with van der Waals surface area (Å²) in [4.78, 5) is 37.5. The highest BCUT2D eigenvalue weighted by molar-refractivity contribution is 8.18. The molecule has 1 aliphatic rings. The monoisotopic (exact) mass is 521 g/mol. The van der Waals surface area contributed by atoms with Gasteiger partial charge < -0.3 is 4.57 Å². The molecule has 0 spiro atoms. The summed E-state index contributed by atoms with van der Waals surface area (Å²) in [6, 6.07) is 17.8. The number of nitro benzene ring substituents is 1. The predicted octanol–water partition coefficient (Wildman–Crippen LogP) is 6.63. The van der Waals surface area contributed by atoms with Crippen molar-refractivity contribution in [1.29, 1.82) is 0 Å².